The van der Waals surface area contributed by atoms with E-state index in [4.69, 9.17) is 17.0 Å². The Bertz CT molecular complexity index is 1090. The van der Waals surface area contributed by atoms with Crippen molar-refractivity contribution >= 4 is 38.9 Å². The number of sulfonamides is 1. The van der Waals surface area contributed by atoms with Crippen LogP contribution in [0.25, 0.3) is 0 Å². The van der Waals surface area contributed by atoms with Gasteiger partial charge in [-0.05, 0) is 85.8 Å². The van der Waals surface area contributed by atoms with Gasteiger partial charge < -0.3 is 10.1 Å². The summed E-state index contributed by atoms with van der Waals surface area (Å²) in [5.74, 6) is 1.37. The Morgan fingerprint density at radius 3 is 2.47 bits per heavy atom. The fraction of sp³-hybridized carbons (Fsp3) is 0.440. The van der Waals surface area contributed by atoms with Crippen molar-refractivity contribution in [3.63, 3.8) is 0 Å². The third-order valence-electron chi connectivity index (χ3n) is 5.78. The summed E-state index contributed by atoms with van der Waals surface area (Å²) in [6.07, 6.45) is 2.68. The number of nitrogens with zero attached hydrogens (tertiary/aromatic N) is 1. The third kappa shape index (κ3) is 7.25. The number of benzene rings is 2. The number of ether oxygens (including phenoxy) is 1. The molecule has 0 atom stereocenters. The van der Waals surface area contributed by atoms with Crippen LogP contribution in [0.2, 0.25) is 0 Å². The molecule has 0 radical (unpaired) electrons. The lowest BCUT2D eigenvalue weighted by Crippen LogP contribution is -2.37. The number of nitrogens with one attached hydrogen (secondary N) is 2. The van der Waals surface area contributed by atoms with Gasteiger partial charge in [0.05, 0.1) is 11.5 Å². The van der Waals surface area contributed by atoms with Gasteiger partial charge in [-0.3, -0.25) is 10.1 Å². The summed E-state index contributed by atoms with van der Waals surface area (Å²) in [6, 6.07) is 13.3. The van der Waals surface area contributed by atoms with E-state index in [9.17, 15) is 13.2 Å². The zero-order chi connectivity index (χ0) is 24.7. The van der Waals surface area contributed by atoms with Gasteiger partial charge in [0.1, 0.15) is 5.75 Å². The molecule has 1 fully saturated rings. The molecule has 0 unspecified atom stereocenters. The van der Waals surface area contributed by atoms with E-state index in [1.165, 1.54) is 0 Å². The van der Waals surface area contributed by atoms with E-state index in [2.05, 4.69) is 31.4 Å². The lowest BCUT2D eigenvalue weighted by molar-refractivity contribution is 0.0977. The third-order valence-corrected chi connectivity index (χ3v) is 7.90. The molecule has 2 aromatic rings. The Labute approximate surface area is 207 Å². The molecular weight excluding hydrogens is 470 g/mol. The van der Waals surface area contributed by atoms with E-state index in [1.54, 1.807) is 46.8 Å². The molecule has 1 amide bonds. The minimum absolute atomic E-state index is 0.122. The molecule has 1 saturated heterocycles. The Kier molecular flexibility index (Phi) is 9.04. The highest BCUT2D eigenvalue weighted by Gasteiger charge is 2.27. The number of carbonyl (C=O) groups is 1. The average Bonchev–Trinajstić information content (AvgIpc) is 2.79. The highest BCUT2D eigenvalue weighted by Crippen LogP contribution is 2.24. The maximum absolute atomic E-state index is 12.9. The molecule has 0 saturated carbocycles. The van der Waals surface area contributed by atoms with Gasteiger partial charge in [-0.1, -0.05) is 26.8 Å². The molecule has 1 aliphatic heterocycles. The standard InChI is InChI=1S/C25H33N3O4S2/c1-18(2)13-16-32-22-6-4-5-20(17-22)24(29)27-25(33)26-21-7-9-23(10-8-21)34(30,31)28-14-11-19(3)12-15-28/h4-10,17-19H,11-16H2,1-3H3,(H2,26,27,29,33). The molecule has 0 bridgehead atoms. The van der Waals surface area contributed by atoms with Crippen LogP contribution in [0.1, 0.15) is 50.4 Å². The first kappa shape index (κ1) is 26.1. The molecule has 0 aliphatic carbocycles. The Hall–Kier alpha value is -2.49. The van der Waals surface area contributed by atoms with E-state index in [1.807, 2.05) is 6.07 Å². The van der Waals surface area contributed by atoms with Crippen LogP contribution >= 0.6 is 12.2 Å². The monoisotopic (exact) mass is 503 g/mol. The van der Waals surface area contributed by atoms with Gasteiger partial charge in [-0.15, -0.1) is 0 Å². The number of rotatable bonds is 8. The smallest absolute Gasteiger partial charge is 0.257 e. The lowest BCUT2D eigenvalue weighted by atomic mass is 10.0. The van der Waals surface area contributed by atoms with Gasteiger partial charge in [-0.2, -0.15) is 4.31 Å². The molecule has 1 aliphatic rings. The predicted molar refractivity (Wildman–Crippen MR) is 139 cm³/mol. The first-order chi connectivity index (χ1) is 16.1. The molecule has 0 spiro atoms. The highest BCUT2D eigenvalue weighted by atomic mass is 32.2. The van der Waals surface area contributed by atoms with Crippen LogP contribution in [0.3, 0.4) is 0 Å². The lowest BCUT2D eigenvalue weighted by Gasteiger charge is -2.29. The summed E-state index contributed by atoms with van der Waals surface area (Å²) in [6.45, 7) is 8.08. The van der Waals surface area contributed by atoms with Crippen molar-refractivity contribution in [3.8, 4) is 5.75 Å². The first-order valence-corrected chi connectivity index (χ1v) is 13.5. The van der Waals surface area contributed by atoms with Gasteiger partial charge in [-0.25, -0.2) is 8.42 Å². The van der Waals surface area contributed by atoms with E-state index in [0.29, 0.717) is 48.5 Å². The zero-order valence-electron chi connectivity index (χ0n) is 19.9. The van der Waals surface area contributed by atoms with E-state index < -0.39 is 10.0 Å². The van der Waals surface area contributed by atoms with Crippen molar-refractivity contribution in [2.75, 3.05) is 25.0 Å². The van der Waals surface area contributed by atoms with Gasteiger partial charge in [0.15, 0.2) is 5.11 Å². The molecule has 184 valence electrons. The number of thiocarbonyl (C=S) groups is 1. The maximum Gasteiger partial charge on any atom is 0.257 e. The second kappa shape index (κ2) is 11.8. The summed E-state index contributed by atoms with van der Waals surface area (Å²) in [7, 11) is -3.51. The minimum atomic E-state index is -3.51. The topological polar surface area (TPSA) is 87.7 Å². The Morgan fingerprint density at radius 2 is 1.82 bits per heavy atom. The number of hydrogen-bond acceptors (Lipinski definition) is 5. The molecule has 0 aromatic heterocycles. The number of carbonyl (C=O) groups excluding carboxylic acids is 1. The van der Waals surface area contributed by atoms with Crippen LogP contribution in [0, 0.1) is 11.8 Å². The molecule has 2 N–H and O–H groups in total. The number of piperidine rings is 1. The van der Waals surface area contributed by atoms with Gasteiger partial charge in [0, 0.05) is 24.3 Å². The average molecular weight is 504 g/mol. The van der Waals surface area contributed by atoms with Crippen molar-refractivity contribution in [1.29, 1.82) is 0 Å². The van der Waals surface area contributed by atoms with E-state index in [-0.39, 0.29) is 15.9 Å². The number of hydrogen-bond donors (Lipinski definition) is 2. The second-order valence-corrected chi connectivity index (χ2v) is 11.4. The van der Waals surface area contributed by atoms with Crippen LogP contribution in [0.15, 0.2) is 53.4 Å². The Balaban J connectivity index is 1.55. The Morgan fingerprint density at radius 1 is 1.15 bits per heavy atom. The minimum Gasteiger partial charge on any atom is -0.494 e. The molecule has 9 heteroatoms. The largest absolute Gasteiger partial charge is 0.494 e. The summed E-state index contributed by atoms with van der Waals surface area (Å²) in [4.78, 5) is 12.8. The second-order valence-electron chi connectivity index (χ2n) is 9.08. The van der Waals surface area contributed by atoms with Crippen molar-refractivity contribution in [3.05, 3.63) is 54.1 Å². The zero-order valence-corrected chi connectivity index (χ0v) is 21.5. The van der Waals surface area contributed by atoms with Crippen molar-refractivity contribution < 1.29 is 17.9 Å². The summed E-state index contributed by atoms with van der Waals surface area (Å²) in [5.41, 5.74) is 1.02. The summed E-state index contributed by atoms with van der Waals surface area (Å²) >= 11 is 5.26. The molecule has 2 aromatic carbocycles. The molecular formula is C25H33N3O4S2. The quantitative estimate of drug-likeness (QED) is 0.510. The van der Waals surface area contributed by atoms with Gasteiger partial charge >= 0.3 is 0 Å². The van der Waals surface area contributed by atoms with Crippen LogP contribution < -0.4 is 15.4 Å². The summed E-state index contributed by atoms with van der Waals surface area (Å²) in [5, 5.41) is 5.70. The van der Waals surface area contributed by atoms with E-state index >= 15 is 0 Å². The molecule has 7 nitrogen and oxygen atoms in total. The van der Waals surface area contributed by atoms with Crippen molar-refractivity contribution in [2.45, 2.75) is 44.9 Å². The van der Waals surface area contributed by atoms with Crippen LogP contribution in [0.5, 0.6) is 5.75 Å². The van der Waals surface area contributed by atoms with Crippen LogP contribution in [-0.2, 0) is 10.0 Å². The normalized spacial score (nSPS) is 15.2. The fourth-order valence-corrected chi connectivity index (χ4v) is 5.24. The fourth-order valence-electron chi connectivity index (χ4n) is 3.56. The molecule has 1 heterocycles. The van der Waals surface area contributed by atoms with Crippen molar-refractivity contribution in [2.24, 2.45) is 11.8 Å². The summed E-state index contributed by atoms with van der Waals surface area (Å²) < 4.78 is 33.0. The number of anilines is 1. The van der Waals surface area contributed by atoms with Gasteiger partial charge in [0.25, 0.3) is 5.91 Å². The molecule has 3 rings (SSSR count). The maximum atomic E-state index is 12.9. The molecule has 34 heavy (non-hydrogen) atoms. The van der Waals surface area contributed by atoms with Crippen LogP contribution in [0.4, 0.5) is 5.69 Å². The predicted octanol–water partition coefficient (Wildman–Crippen LogP) is 4.66. The van der Waals surface area contributed by atoms with Gasteiger partial charge in [0.2, 0.25) is 10.0 Å². The highest BCUT2D eigenvalue weighted by molar-refractivity contribution is 7.89. The SMILES string of the molecule is CC(C)CCOc1cccc(C(=O)NC(=S)Nc2ccc(S(=O)(=O)N3CCC(C)CC3)cc2)c1. The van der Waals surface area contributed by atoms with Crippen LogP contribution in [-0.4, -0.2) is 43.4 Å². The number of amides is 1. The first-order valence-electron chi connectivity index (χ1n) is 11.6. The van der Waals surface area contributed by atoms with Crippen molar-refractivity contribution in [1.82, 2.24) is 9.62 Å². The van der Waals surface area contributed by atoms with E-state index in [0.717, 1.165) is 19.3 Å².